The van der Waals surface area contributed by atoms with E-state index in [1.54, 1.807) is 25.3 Å². The number of hydrogen-bond acceptors (Lipinski definition) is 5. The van der Waals surface area contributed by atoms with Crippen molar-refractivity contribution in [3.8, 4) is 5.75 Å². The van der Waals surface area contributed by atoms with E-state index in [1.165, 1.54) is 0 Å². The van der Waals surface area contributed by atoms with Crippen molar-refractivity contribution in [2.24, 2.45) is 0 Å². The topological polar surface area (TPSA) is 67.9 Å². The van der Waals surface area contributed by atoms with Crippen molar-refractivity contribution >= 4 is 10.0 Å². The Labute approximate surface area is 138 Å². The summed E-state index contributed by atoms with van der Waals surface area (Å²) >= 11 is 0. The Morgan fingerprint density at radius 2 is 1.96 bits per heavy atom. The highest BCUT2D eigenvalue weighted by Crippen LogP contribution is 2.22. The highest BCUT2D eigenvalue weighted by molar-refractivity contribution is 7.89. The molecule has 1 aromatic carbocycles. The van der Waals surface area contributed by atoms with Gasteiger partial charge in [-0.1, -0.05) is 0 Å². The minimum absolute atomic E-state index is 0.258. The summed E-state index contributed by atoms with van der Waals surface area (Å²) < 4.78 is 38.3. The van der Waals surface area contributed by atoms with Crippen LogP contribution < -0.4 is 9.46 Å². The molecule has 0 atom stereocenters. The molecule has 7 heteroatoms. The van der Waals surface area contributed by atoms with E-state index in [0.717, 1.165) is 18.7 Å². The Kier molecular flexibility index (Phi) is 5.67. The summed E-state index contributed by atoms with van der Waals surface area (Å²) in [4.78, 5) is 2.51. The molecule has 1 N–H and O–H groups in total. The van der Waals surface area contributed by atoms with Gasteiger partial charge in [0.25, 0.3) is 0 Å². The fourth-order valence-corrected chi connectivity index (χ4v) is 3.94. The third kappa shape index (κ3) is 4.44. The third-order valence-electron chi connectivity index (χ3n) is 4.24. The summed E-state index contributed by atoms with van der Waals surface area (Å²) in [6.07, 6.45) is 0. The molecule has 23 heavy (non-hydrogen) atoms. The van der Waals surface area contributed by atoms with E-state index in [9.17, 15) is 8.42 Å². The fraction of sp³-hybridized carbons (Fsp3) is 0.625. The van der Waals surface area contributed by atoms with Crippen LogP contribution >= 0.6 is 0 Å². The Bertz CT molecular complexity index is 637. The Hall–Kier alpha value is -1.15. The first-order chi connectivity index (χ1) is 10.8. The van der Waals surface area contributed by atoms with Crippen LogP contribution in [0.3, 0.4) is 0 Å². The normalized spacial score (nSPS) is 17.2. The second kappa shape index (κ2) is 7.17. The van der Waals surface area contributed by atoms with Gasteiger partial charge in [-0.05, 0) is 44.5 Å². The van der Waals surface area contributed by atoms with Crippen LogP contribution in [0.25, 0.3) is 0 Å². The Morgan fingerprint density at radius 1 is 1.30 bits per heavy atom. The maximum absolute atomic E-state index is 12.5. The first kappa shape index (κ1) is 18.2. The predicted octanol–water partition coefficient (Wildman–Crippen LogP) is 1.39. The van der Waals surface area contributed by atoms with Gasteiger partial charge in [0.05, 0.1) is 25.2 Å². The number of rotatable bonds is 6. The molecular formula is C16H26N2O4S. The average molecular weight is 342 g/mol. The number of ether oxygens (including phenoxy) is 2. The van der Waals surface area contributed by atoms with Crippen LogP contribution in [-0.4, -0.2) is 58.8 Å². The van der Waals surface area contributed by atoms with Crippen molar-refractivity contribution in [3.63, 3.8) is 0 Å². The van der Waals surface area contributed by atoms with Crippen LogP contribution in [0.1, 0.15) is 19.4 Å². The predicted molar refractivity (Wildman–Crippen MR) is 89.4 cm³/mol. The second-order valence-electron chi connectivity index (χ2n) is 6.37. The molecular weight excluding hydrogens is 316 g/mol. The number of methoxy groups -OCH3 is 1. The van der Waals surface area contributed by atoms with Gasteiger partial charge in [0.2, 0.25) is 10.0 Å². The van der Waals surface area contributed by atoms with E-state index in [2.05, 4.69) is 9.62 Å². The highest BCUT2D eigenvalue weighted by atomic mass is 32.2. The molecule has 1 aliphatic heterocycles. The molecule has 2 rings (SSSR count). The Morgan fingerprint density at radius 3 is 2.52 bits per heavy atom. The number of morpholine rings is 1. The van der Waals surface area contributed by atoms with Crippen molar-refractivity contribution in [3.05, 3.63) is 23.8 Å². The van der Waals surface area contributed by atoms with Gasteiger partial charge in [0, 0.05) is 25.2 Å². The van der Waals surface area contributed by atoms with Crippen molar-refractivity contribution in [1.82, 2.24) is 9.62 Å². The molecule has 0 amide bonds. The average Bonchev–Trinajstić information content (AvgIpc) is 2.54. The van der Waals surface area contributed by atoms with Crippen LogP contribution in [0, 0.1) is 6.92 Å². The second-order valence-corrected chi connectivity index (χ2v) is 8.13. The number of nitrogens with one attached hydrogen (secondary N) is 1. The van der Waals surface area contributed by atoms with Gasteiger partial charge in [-0.15, -0.1) is 0 Å². The zero-order valence-corrected chi connectivity index (χ0v) is 15.1. The van der Waals surface area contributed by atoms with E-state index in [0.29, 0.717) is 25.5 Å². The minimum Gasteiger partial charge on any atom is -0.496 e. The molecule has 0 spiro atoms. The Balaban J connectivity index is 2.07. The zero-order valence-electron chi connectivity index (χ0n) is 14.3. The molecule has 1 fully saturated rings. The summed E-state index contributed by atoms with van der Waals surface area (Å²) in [6, 6.07) is 4.87. The smallest absolute Gasteiger partial charge is 0.240 e. The summed E-state index contributed by atoms with van der Waals surface area (Å²) in [5.41, 5.74) is 0.529. The van der Waals surface area contributed by atoms with Crippen LogP contribution in [0.4, 0.5) is 0 Å². The highest BCUT2D eigenvalue weighted by Gasteiger charge is 2.30. The number of sulfonamides is 1. The molecule has 0 aliphatic carbocycles. The number of benzene rings is 1. The third-order valence-corrected chi connectivity index (χ3v) is 5.64. The molecule has 0 saturated carbocycles. The van der Waals surface area contributed by atoms with Crippen LogP contribution in [0.5, 0.6) is 5.75 Å². The first-order valence-corrected chi connectivity index (χ1v) is 9.22. The van der Waals surface area contributed by atoms with Gasteiger partial charge in [-0.2, -0.15) is 0 Å². The molecule has 0 aromatic heterocycles. The van der Waals surface area contributed by atoms with E-state index >= 15 is 0 Å². The lowest BCUT2D eigenvalue weighted by Crippen LogP contribution is -2.55. The van der Waals surface area contributed by atoms with Gasteiger partial charge in [-0.3, -0.25) is 4.90 Å². The molecule has 6 nitrogen and oxygen atoms in total. The first-order valence-electron chi connectivity index (χ1n) is 7.73. The number of aryl methyl sites for hydroxylation is 1. The summed E-state index contributed by atoms with van der Waals surface area (Å²) in [5.74, 6) is 0.678. The number of hydrogen-bond donors (Lipinski definition) is 1. The largest absolute Gasteiger partial charge is 0.496 e. The van der Waals surface area contributed by atoms with E-state index in [1.807, 2.05) is 20.8 Å². The monoisotopic (exact) mass is 342 g/mol. The minimum atomic E-state index is -3.54. The van der Waals surface area contributed by atoms with Crippen LogP contribution in [0.15, 0.2) is 23.1 Å². The molecule has 0 unspecified atom stereocenters. The maximum atomic E-state index is 12.5. The zero-order chi connectivity index (χ0) is 17.1. The summed E-state index contributed by atoms with van der Waals surface area (Å²) in [7, 11) is -1.97. The molecule has 0 radical (unpaired) electrons. The van der Waals surface area contributed by atoms with Crippen molar-refractivity contribution in [1.29, 1.82) is 0 Å². The molecule has 0 bridgehead atoms. The maximum Gasteiger partial charge on any atom is 0.240 e. The van der Waals surface area contributed by atoms with E-state index in [4.69, 9.17) is 9.47 Å². The molecule has 1 heterocycles. The molecule has 1 aliphatic rings. The summed E-state index contributed by atoms with van der Waals surface area (Å²) in [6.45, 7) is 9.27. The standard InChI is InChI=1S/C16H26N2O4S/c1-13-11-14(5-6-15(13)21-4)23(19,20)17-12-16(2,3)18-7-9-22-10-8-18/h5-6,11,17H,7-10,12H2,1-4H3. The van der Waals surface area contributed by atoms with Gasteiger partial charge in [0.1, 0.15) is 5.75 Å². The van der Waals surface area contributed by atoms with E-state index in [-0.39, 0.29) is 10.4 Å². The molecule has 1 saturated heterocycles. The van der Waals surface area contributed by atoms with E-state index < -0.39 is 10.0 Å². The van der Waals surface area contributed by atoms with Crippen molar-refractivity contribution in [2.75, 3.05) is 40.0 Å². The fourth-order valence-electron chi connectivity index (χ4n) is 2.65. The SMILES string of the molecule is COc1ccc(S(=O)(=O)NCC(C)(C)N2CCOCC2)cc1C. The van der Waals surface area contributed by atoms with Crippen molar-refractivity contribution in [2.45, 2.75) is 31.2 Å². The number of nitrogens with zero attached hydrogens (tertiary/aromatic N) is 1. The lowest BCUT2D eigenvalue weighted by atomic mass is 10.0. The molecule has 1 aromatic rings. The molecule has 130 valence electrons. The lowest BCUT2D eigenvalue weighted by Gasteiger charge is -2.40. The van der Waals surface area contributed by atoms with Gasteiger partial charge < -0.3 is 9.47 Å². The lowest BCUT2D eigenvalue weighted by molar-refractivity contribution is -0.00803. The van der Waals surface area contributed by atoms with Crippen LogP contribution in [0.2, 0.25) is 0 Å². The van der Waals surface area contributed by atoms with Gasteiger partial charge in [0.15, 0.2) is 0 Å². The van der Waals surface area contributed by atoms with Gasteiger partial charge in [-0.25, -0.2) is 13.1 Å². The summed E-state index contributed by atoms with van der Waals surface area (Å²) in [5, 5.41) is 0. The quantitative estimate of drug-likeness (QED) is 0.846. The van der Waals surface area contributed by atoms with Crippen LogP contribution in [-0.2, 0) is 14.8 Å². The van der Waals surface area contributed by atoms with Gasteiger partial charge >= 0.3 is 0 Å². The van der Waals surface area contributed by atoms with Crippen molar-refractivity contribution < 1.29 is 17.9 Å².